The van der Waals surface area contributed by atoms with Gasteiger partial charge in [-0.15, -0.1) is 24.0 Å². The molecule has 0 spiro atoms. The molecule has 0 atom stereocenters. The smallest absolute Gasteiger partial charge is 0.225 e. The maximum atomic E-state index is 13.3. The number of nitrogens with one attached hydrogen (secondary N) is 3. The first-order chi connectivity index (χ1) is 11.2. The number of rotatable bonds is 6. The Hall–Kier alpha value is -1.38. The van der Waals surface area contributed by atoms with Gasteiger partial charge in [0.15, 0.2) is 5.96 Å². The van der Waals surface area contributed by atoms with Crippen LogP contribution in [0.4, 0.5) is 4.39 Å². The molecule has 1 aromatic carbocycles. The van der Waals surface area contributed by atoms with Crippen LogP contribution in [-0.2, 0) is 11.3 Å². The third kappa shape index (κ3) is 9.04. The molecule has 1 rings (SSSR count). The Morgan fingerprint density at radius 2 is 1.80 bits per heavy atom. The molecule has 0 unspecified atom stereocenters. The Morgan fingerprint density at radius 1 is 1.16 bits per heavy atom. The Kier molecular flexibility index (Phi) is 10.7. The van der Waals surface area contributed by atoms with Gasteiger partial charge in [0.25, 0.3) is 0 Å². The number of aliphatic imine (C=N–C) groups is 1. The summed E-state index contributed by atoms with van der Waals surface area (Å²) in [5.74, 6) is 0.486. The predicted octanol–water partition coefficient (Wildman–Crippen LogP) is 2.97. The number of guanidine groups is 1. The van der Waals surface area contributed by atoms with E-state index in [4.69, 9.17) is 0 Å². The van der Waals surface area contributed by atoms with E-state index in [-0.39, 0.29) is 41.1 Å². The number of amides is 1. The second-order valence-corrected chi connectivity index (χ2v) is 6.71. The summed E-state index contributed by atoms with van der Waals surface area (Å²) in [6, 6.07) is 4.99. The minimum absolute atomic E-state index is 0. The molecule has 0 heterocycles. The topological polar surface area (TPSA) is 65.5 Å². The molecule has 25 heavy (non-hydrogen) atoms. The first-order valence-corrected chi connectivity index (χ1v) is 8.29. The molecule has 0 saturated carbocycles. The summed E-state index contributed by atoms with van der Waals surface area (Å²) in [7, 11) is 0. The highest BCUT2D eigenvalue weighted by Gasteiger charge is 2.20. The van der Waals surface area contributed by atoms with Crippen LogP contribution in [0.25, 0.3) is 0 Å². The highest BCUT2D eigenvalue weighted by molar-refractivity contribution is 14.0. The van der Waals surface area contributed by atoms with Crippen molar-refractivity contribution in [3.05, 3.63) is 35.1 Å². The normalized spacial score (nSPS) is 11.5. The molecule has 3 N–H and O–H groups in total. The van der Waals surface area contributed by atoms with Gasteiger partial charge >= 0.3 is 0 Å². The van der Waals surface area contributed by atoms with Gasteiger partial charge in [-0.1, -0.05) is 32.9 Å². The molecule has 1 amide bonds. The summed E-state index contributed by atoms with van der Waals surface area (Å²) in [6.45, 7) is 11.7. The zero-order valence-electron chi connectivity index (χ0n) is 15.7. The molecule has 0 radical (unpaired) electrons. The molecular weight excluding hydrogens is 434 g/mol. The lowest BCUT2D eigenvalue weighted by molar-refractivity contribution is -0.128. The van der Waals surface area contributed by atoms with Crippen LogP contribution in [0.1, 0.15) is 38.8 Å². The summed E-state index contributed by atoms with van der Waals surface area (Å²) in [6.07, 6.45) is 0. The Bertz CT molecular complexity index is 585. The maximum Gasteiger partial charge on any atom is 0.225 e. The van der Waals surface area contributed by atoms with E-state index in [0.29, 0.717) is 31.2 Å². The van der Waals surface area contributed by atoms with Crippen molar-refractivity contribution in [3.63, 3.8) is 0 Å². The lowest BCUT2D eigenvalue weighted by Crippen LogP contribution is -2.43. The molecular formula is C18H30FIN4O. The minimum Gasteiger partial charge on any atom is -0.357 e. The molecule has 142 valence electrons. The Labute approximate surface area is 167 Å². The average Bonchev–Trinajstić information content (AvgIpc) is 2.51. The zero-order chi connectivity index (χ0) is 18.2. The van der Waals surface area contributed by atoms with E-state index < -0.39 is 0 Å². The maximum absolute atomic E-state index is 13.3. The second-order valence-electron chi connectivity index (χ2n) is 6.71. The summed E-state index contributed by atoms with van der Waals surface area (Å²) in [4.78, 5) is 16.3. The van der Waals surface area contributed by atoms with Crippen molar-refractivity contribution in [2.24, 2.45) is 10.4 Å². The summed E-state index contributed by atoms with van der Waals surface area (Å²) in [5.41, 5.74) is 1.18. The third-order valence-electron chi connectivity index (χ3n) is 3.37. The molecule has 0 fully saturated rings. The van der Waals surface area contributed by atoms with Crippen molar-refractivity contribution in [2.75, 3.05) is 19.6 Å². The van der Waals surface area contributed by atoms with Crippen LogP contribution in [0.5, 0.6) is 0 Å². The van der Waals surface area contributed by atoms with E-state index >= 15 is 0 Å². The monoisotopic (exact) mass is 464 g/mol. The summed E-state index contributed by atoms with van der Waals surface area (Å²) >= 11 is 0. The number of hydrogen-bond acceptors (Lipinski definition) is 2. The van der Waals surface area contributed by atoms with Crippen molar-refractivity contribution in [1.82, 2.24) is 16.0 Å². The van der Waals surface area contributed by atoms with E-state index in [1.54, 1.807) is 19.1 Å². The molecule has 0 aromatic heterocycles. The number of hydrogen-bond donors (Lipinski definition) is 3. The number of aryl methyl sites for hydroxylation is 1. The number of benzene rings is 1. The van der Waals surface area contributed by atoms with Crippen molar-refractivity contribution in [1.29, 1.82) is 0 Å². The molecule has 0 bridgehead atoms. The standard InChI is InChI=1S/C18H29FN4O.HI/c1-6-20-17(22-10-9-21-16(24)18(3,4)5)23-12-14-7-8-15(19)13(2)11-14;/h7-8,11H,6,9-10,12H2,1-5H3,(H,21,24)(H2,20,22,23);1H. The number of halogens is 2. The van der Waals surface area contributed by atoms with Gasteiger partial charge in [0.1, 0.15) is 5.82 Å². The lowest BCUT2D eigenvalue weighted by atomic mass is 9.96. The Morgan fingerprint density at radius 3 is 2.36 bits per heavy atom. The molecule has 5 nitrogen and oxygen atoms in total. The van der Waals surface area contributed by atoms with Gasteiger partial charge in [-0.2, -0.15) is 0 Å². The van der Waals surface area contributed by atoms with Crippen LogP contribution in [0.2, 0.25) is 0 Å². The van der Waals surface area contributed by atoms with Crippen LogP contribution >= 0.6 is 24.0 Å². The lowest BCUT2D eigenvalue weighted by Gasteiger charge is -2.18. The largest absolute Gasteiger partial charge is 0.357 e. The van der Waals surface area contributed by atoms with Gasteiger partial charge in [0.2, 0.25) is 5.91 Å². The molecule has 0 aliphatic heterocycles. The third-order valence-corrected chi connectivity index (χ3v) is 3.37. The number of carbonyl (C=O) groups is 1. The van der Waals surface area contributed by atoms with Crippen LogP contribution < -0.4 is 16.0 Å². The van der Waals surface area contributed by atoms with Crippen LogP contribution in [-0.4, -0.2) is 31.5 Å². The minimum atomic E-state index is -0.390. The molecule has 1 aromatic rings. The highest BCUT2D eigenvalue weighted by atomic mass is 127. The second kappa shape index (κ2) is 11.3. The number of carbonyl (C=O) groups excluding carboxylic acids is 1. The summed E-state index contributed by atoms with van der Waals surface area (Å²) < 4.78 is 13.3. The van der Waals surface area contributed by atoms with E-state index in [0.717, 1.165) is 12.1 Å². The average molecular weight is 464 g/mol. The molecule has 7 heteroatoms. The SMILES string of the molecule is CCNC(=NCc1ccc(F)c(C)c1)NCCNC(=O)C(C)(C)C.I. The fourth-order valence-electron chi connectivity index (χ4n) is 1.94. The Balaban J connectivity index is 0.00000576. The molecule has 0 aliphatic rings. The summed E-state index contributed by atoms with van der Waals surface area (Å²) in [5, 5.41) is 9.20. The quantitative estimate of drug-likeness (QED) is 0.263. The van der Waals surface area contributed by atoms with E-state index in [1.807, 2.05) is 27.7 Å². The van der Waals surface area contributed by atoms with Crippen LogP contribution in [0.3, 0.4) is 0 Å². The van der Waals surface area contributed by atoms with Gasteiger partial charge in [0.05, 0.1) is 6.54 Å². The first kappa shape index (κ1) is 23.6. The first-order valence-electron chi connectivity index (χ1n) is 8.29. The van der Waals surface area contributed by atoms with E-state index in [2.05, 4.69) is 20.9 Å². The van der Waals surface area contributed by atoms with Crippen LogP contribution in [0, 0.1) is 18.2 Å². The van der Waals surface area contributed by atoms with E-state index in [9.17, 15) is 9.18 Å². The predicted molar refractivity (Wildman–Crippen MR) is 112 cm³/mol. The van der Waals surface area contributed by atoms with Gasteiger partial charge in [-0.25, -0.2) is 9.38 Å². The van der Waals surface area contributed by atoms with E-state index in [1.165, 1.54) is 6.07 Å². The highest BCUT2D eigenvalue weighted by Crippen LogP contribution is 2.12. The number of nitrogens with zero attached hydrogens (tertiary/aromatic N) is 1. The van der Waals surface area contributed by atoms with Crippen molar-refractivity contribution in [3.8, 4) is 0 Å². The fourth-order valence-corrected chi connectivity index (χ4v) is 1.94. The van der Waals surface area contributed by atoms with Crippen molar-refractivity contribution in [2.45, 2.75) is 41.2 Å². The van der Waals surface area contributed by atoms with Gasteiger partial charge < -0.3 is 16.0 Å². The molecule has 0 aliphatic carbocycles. The van der Waals surface area contributed by atoms with Crippen molar-refractivity contribution >= 4 is 35.8 Å². The van der Waals surface area contributed by atoms with Crippen LogP contribution in [0.15, 0.2) is 23.2 Å². The van der Waals surface area contributed by atoms with Gasteiger partial charge in [0, 0.05) is 25.0 Å². The van der Waals surface area contributed by atoms with Gasteiger partial charge in [-0.05, 0) is 31.0 Å². The zero-order valence-corrected chi connectivity index (χ0v) is 18.0. The van der Waals surface area contributed by atoms with Crippen molar-refractivity contribution < 1.29 is 9.18 Å². The fraction of sp³-hybridized carbons (Fsp3) is 0.556. The van der Waals surface area contributed by atoms with Gasteiger partial charge in [-0.3, -0.25) is 4.79 Å². The molecule has 0 saturated heterocycles.